The van der Waals surface area contributed by atoms with E-state index in [0.717, 1.165) is 43.0 Å². The first-order valence-electron chi connectivity index (χ1n) is 9.19. The minimum absolute atomic E-state index is 0.177. The highest BCUT2D eigenvalue weighted by Gasteiger charge is 2.20. The van der Waals surface area contributed by atoms with E-state index in [-0.39, 0.29) is 6.04 Å². The molecule has 140 valence electrons. The molecule has 1 atom stereocenters. The van der Waals surface area contributed by atoms with Crippen molar-refractivity contribution < 1.29 is 0 Å². The predicted octanol–water partition coefficient (Wildman–Crippen LogP) is 1.83. The lowest BCUT2D eigenvalue weighted by atomic mass is 10.1. The lowest BCUT2D eigenvalue weighted by molar-refractivity contribution is 0.499. The van der Waals surface area contributed by atoms with Gasteiger partial charge < -0.3 is 20.5 Å². The topological polar surface area (TPSA) is 99.9 Å². The fraction of sp³-hybridized carbons (Fsp3) is 0.368. The van der Waals surface area contributed by atoms with Crippen molar-refractivity contribution in [2.24, 2.45) is 5.73 Å². The van der Waals surface area contributed by atoms with Crippen molar-refractivity contribution in [3.05, 3.63) is 48.7 Å². The third-order valence-corrected chi connectivity index (χ3v) is 4.73. The summed E-state index contributed by atoms with van der Waals surface area (Å²) in [6, 6.07) is 10.3. The summed E-state index contributed by atoms with van der Waals surface area (Å²) in [6.07, 6.45) is 5.53. The van der Waals surface area contributed by atoms with Crippen LogP contribution in [0.2, 0.25) is 0 Å². The van der Waals surface area contributed by atoms with Crippen molar-refractivity contribution >= 4 is 11.9 Å². The average Bonchev–Trinajstić information content (AvgIpc) is 3.17. The van der Waals surface area contributed by atoms with E-state index in [4.69, 9.17) is 5.73 Å². The van der Waals surface area contributed by atoms with Crippen molar-refractivity contribution in [1.29, 1.82) is 0 Å². The van der Waals surface area contributed by atoms with E-state index < -0.39 is 0 Å². The Morgan fingerprint density at radius 1 is 1.22 bits per heavy atom. The molecule has 0 amide bonds. The number of nitrogens with two attached hydrogens (primary N) is 1. The van der Waals surface area contributed by atoms with Gasteiger partial charge in [-0.25, -0.2) is 15.0 Å². The molecule has 3 N–H and O–H groups in total. The maximum absolute atomic E-state index is 6.08. The number of imidazole rings is 1. The highest BCUT2D eigenvalue weighted by molar-refractivity contribution is 5.58. The van der Waals surface area contributed by atoms with Gasteiger partial charge in [-0.05, 0) is 18.4 Å². The van der Waals surface area contributed by atoms with Gasteiger partial charge in [-0.15, -0.1) is 0 Å². The van der Waals surface area contributed by atoms with Gasteiger partial charge in [0.1, 0.15) is 12.2 Å². The van der Waals surface area contributed by atoms with Crippen LogP contribution in [0.3, 0.4) is 0 Å². The molecule has 8 nitrogen and oxygen atoms in total. The molecule has 0 bridgehead atoms. The van der Waals surface area contributed by atoms with Gasteiger partial charge >= 0.3 is 0 Å². The number of nitrogens with zero attached hydrogens (tertiary/aromatic N) is 6. The Hall–Kier alpha value is -3.00. The Morgan fingerprint density at radius 2 is 2.07 bits per heavy atom. The number of aromatic nitrogens is 5. The number of rotatable bonds is 5. The maximum Gasteiger partial charge on any atom is 0.230 e. The standard InChI is InChI=1S/C19H24N8/c1-26(12-17-21-10-16(24-17)14-6-3-2-4-7-14)18-22-13-23-19(25-18)27-9-5-8-15(20)11-27/h2-4,6-7,10,13,15H,5,8-9,11-12,20H2,1H3,(H,21,24). The quantitative estimate of drug-likeness (QED) is 0.712. The molecular formula is C19H24N8. The monoisotopic (exact) mass is 364 g/mol. The Balaban J connectivity index is 1.46. The normalized spacial score (nSPS) is 17.1. The van der Waals surface area contributed by atoms with Gasteiger partial charge in [0, 0.05) is 26.2 Å². The number of hydrogen-bond acceptors (Lipinski definition) is 7. The van der Waals surface area contributed by atoms with Crippen LogP contribution in [-0.2, 0) is 6.54 Å². The zero-order valence-corrected chi connectivity index (χ0v) is 15.4. The van der Waals surface area contributed by atoms with Crippen LogP contribution in [0.5, 0.6) is 0 Å². The molecule has 8 heteroatoms. The molecule has 1 saturated heterocycles. The molecule has 1 fully saturated rings. The molecule has 3 aromatic rings. The number of piperidine rings is 1. The zero-order valence-electron chi connectivity index (χ0n) is 15.4. The van der Waals surface area contributed by atoms with Crippen LogP contribution in [0.4, 0.5) is 11.9 Å². The third kappa shape index (κ3) is 4.06. The van der Waals surface area contributed by atoms with Gasteiger partial charge in [-0.1, -0.05) is 30.3 Å². The second kappa shape index (κ2) is 7.71. The molecule has 4 rings (SSSR count). The van der Waals surface area contributed by atoms with Gasteiger partial charge in [-0.3, -0.25) is 0 Å². The summed E-state index contributed by atoms with van der Waals surface area (Å²) in [7, 11) is 1.95. The first-order chi connectivity index (χ1) is 13.2. The summed E-state index contributed by atoms with van der Waals surface area (Å²) in [5, 5.41) is 0. The van der Waals surface area contributed by atoms with Gasteiger partial charge in [-0.2, -0.15) is 4.98 Å². The molecule has 3 heterocycles. The molecule has 1 unspecified atom stereocenters. The molecule has 0 aliphatic carbocycles. The molecule has 0 radical (unpaired) electrons. The van der Waals surface area contributed by atoms with E-state index >= 15 is 0 Å². The Labute approximate surface area is 158 Å². The highest BCUT2D eigenvalue weighted by Crippen LogP contribution is 2.19. The van der Waals surface area contributed by atoms with Crippen LogP contribution in [0.1, 0.15) is 18.7 Å². The number of H-pyrrole nitrogens is 1. The molecular weight excluding hydrogens is 340 g/mol. The van der Waals surface area contributed by atoms with Crippen LogP contribution in [0.25, 0.3) is 11.3 Å². The van der Waals surface area contributed by atoms with E-state index in [1.165, 1.54) is 0 Å². The minimum Gasteiger partial charge on any atom is -0.341 e. The summed E-state index contributed by atoms with van der Waals surface area (Å²) < 4.78 is 0. The first-order valence-corrected chi connectivity index (χ1v) is 9.19. The smallest absolute Gasteiger partial charge is 0.230 e. The van der Waals surface area contributed by atoms with E-state index in [1.54, 1.807) is 6.33 Å². The van der Waals surface area contributed by atoms with Gasteiger partial charge in [0.05, 0.1) is 18.4 Å². The fourth-order valence-corrected chi connectivity index (χ4v) is 3.31. The zero-order chi connectivity index (χ0) is 18.6. The number of hydrogen-bond donors (Lipinski definition) is 2. The van der Waals surface area contributed by atoms with Crippen LogP contribution >= 0.6 is 0 Å². The van der Waals surface area contributed by atoms with Gasteiger partial charge in [0.15, 0.2) is 0 Å². The average molecular weight is 364 g/mol. The first kappa shape index (κ1) is 17.4. The van der Waals surface area contributed by atoms with Crippen LogP contribution in [0, 0.1) is 0 Å². The Kier molecular flexibility index (Phi) is 4.97. The van der Waals surface area contributed by atoms with Crippen molar-refractivity contribution in [1.82, 2.24) is 24.9 Å². The van der Waals surface area contributed by atoms with Gasteiger partial charge in [0.25, 0.3) is 0 Å². The third-order valence-electron chi connectivity index (χ3n) is 4.73. The summed E-state index contributed by atoms with van der Waals surface area (Å²) in [5.74, 6) is 2.17. The SMILES string of the molecule is CN(Cc1ncc(-c2ccccc2)[nH]1)c1ncnc(N2CCCC(N)C2)n1. The minimum atomic E-state index is 0.177. The van der Waals surface area contributed by atoms with Crippen LogP contribution in [0.15, 0.2) is 42.9 Å². The molecule has 27 heavy (non-hydrogen) atoms. The summed E-state index contributed by atoms with van der Waals surface area (Å²) in [6.45, 7) is 2.29. The van der Waals surface area contributed by atoms with E-state index in [0.29, 0.717) is 18.4 Å². The molecule has 0 spiro atoms. The second-order valence-electron chi connectivity index (χ2n) is 6.90. The summed E-state index contributed by atoms with van der Waals surface area (Å²) in [5.41, 5.74) is 8.19. The summed E-state index contributed by atoms with van der Waals surface area (Å²) in [4.78, 5) is 25.2. The molecule has 2 aromatic heterocycles. The van der Waals surface area contributed by atoms with E-state index in [2.05, 4.69) is 42.0 Å². The fourth-order valence-electron chi connectivity index (χ4n) is 3.31. The van der Waals surface area contributed by atoms with Crippen LogP contribution in [-0.4, -0.2) is 51.1 Å². The summed E-state index contributed by atoms with van der Waals surface area (Å²) >= 11 is 0. The lowest BCUT2D eigenvalue weighted by Crippen LogP contribution is -2.43. The van der Waals surface area contributed by atoms with Crippen molar-refractivity contribution in [3.8, 4) is 11.3 Å². The van der Waals surface area contributed by atoms with E-state index in [9.17, 15) is 0 Å². The van der Waals surface area contributed by atoms with Crippen LogP contribution < -0.4 is 15.5 Å². The second-order valence-corrected chi connectivity index (χ2v) is 6.90. The van der Waals surface area contributed by atoms with Crippen molar-refractivity contribution in [2.75, 3.05) is 29.9 Å². The Morgan fingerprint density at radius 3 is 2.89 bits per heavy atom. The number of aromatic amines is 1. The highest BCUT2D eigenvalue weighted by atomic mass is 15.3. The van der Waals surface area contributed by atoms with Crippen molar-refractivity contribution in [2.45, 2.75) is 25.4 Å². The Bertz CT molecular complexity index is 878. The van der Waals surface area contributed by atoms with Crippen molar-refractivity contribution in [3.63, 3.8) is 0 Å². The molecule has 0 saturated carbocycles. The largest absolute Gasteiger partial charge is 0.341 e. The maximum atomic E-state index is 6.08. The molecule has 1 aliphatic heterocycles. The lowest BCUT2D eigenvalue weighted by Gasteiger charge is -2.31. The number of anilines is 2. The van der Waals surface area contributed by atoms with E-state index in [1.807, 2.05) is 36.3 Å². The number of benzene rings is 1. The van der Waals surface area contributed by atoms with Gasteiger partial charge in [0.2, 0.25) is 11.9 Å². The predicted molar refractivity (Wildman–Crippen MR) is 105 cm³/mol. The molecule has 1 aliphatic rings. The molecule has 1 aromatic carbocycles. The number of nitrogens with one attached hydrogen (secondary N) is 1.